The fourth-order valence-corrected chi connectivity index (χ4v) is 3.99. The average molecular weight is 397 g/mol. The van der Waals surface area contributed by atoms with E-state index in [4.69, 9.17) is 10.5 Å². The van der Waals surface area contributed by atoms with E-state index in [9.17, 15) is 9.50 Å². The van der Waals surface area contributed by atoms with Gasteiger partial charge in [-0.05, 0) is 44.4 Å². The smallest absolute Gasteiger partial charge is 0.165 e. The van der Waals surface area contributed by atoms with Crippen LogP contribution >= 0.6 is 0 Å². The monoisotopic (exact) mass is 397 g/mol. The summed E-state index contributed by atoms with van der Waals surface area (Å²) in [6, 6.07) is 4.72. The van der Waals surface area contributed by atoms with E-state index < -0.39 is 6.10 Å². The molecule has 1 aromatic heterocycles. The first-order valence-electron chi connectivity index (χ1n) is 9.94. The van der Waals surface area contributed by atoms with Crippen molar-refractivity contribution in [1.29, 1.82) is 0 Å². The van der Waals surface area contributed by atoms with Gasteiger partial charge in [-0.2, -0.15) is 0 Å². The summed E-state index contributed by atoms with van der Waals surface area (Å²) in [6.45, 7) is 4.78. The summed E-state index contributed by atoms with van der Waals surface area (Å²) < 4.78 is 20.4. The maximum Gasteiger partial charge on any atom is 0.165 e. The lowest BCUT2D eigenvalue weighted by Crippen LogP contribution is -2.40. The van der Waals surface area contributed by atoms with E-state index in [0.29, 0.717) is 30.3 Å². The molecule has 3 N–H and O–H groups in total. The molecular formula is C21H24FN5O2. The molecule has 5 rings (SSSR count). The molecule has 152 valence electrons. The fourth-order valence-electron chi connectivity index (χ4n) is 3.99. The SMILES string of the molecule is C[C@H]1[C@H](N)[C@@H](O)CN1c1cc(C2=NCc3cc(F)c(OC4(C)CC4)cc32)ncn1. The number of halogens is 1. The van der Waals surface area contributed by atoms with Crippen LogP contribution in [0.25, 0.3) is 0 Å². The molecule has 0 radical (unpaired) electrons. The predicted octanol–water partition coefficient (Wildman–Crippen LogP) is 1.79. The number of aliphatic imine (C=N–C) groups is 1. The molecule has 1 aliphatic carbocycles. The van der Waals surface area contributed by atoms with Gasteiger partial charge in [0.05, 0.1) is 30.1 Å². The first-order chi connectivity index (χ1) is 13.8. The Hall–Kier alpha value is -2.58. The van der Waals surface area contributed by atoms with Crippen molar-refractivity contribution in [3.05, 3.63) is 47.2 Å². The van der Waals surface area contributed by atoms with Gasteiger partial charge in [0.1, 0.15) is 17.7 Å². The van der Waals surface area contributed by atoms with E-state index in [2.05, 4.69) is 15.0 Å². The Labute approximate surface area is 168 Å². The van der Waals surface area contributed by atoms with Crippen LogP contribution in [-0.4, -0.2) is 51.1 Å². The zero-order valence-electron chi connectivity index (χ0n) is 16.5. The Morgan fingerprint density at radius 2 is 2.07 bits per heavy atom. The van der Waals surface area contributed by atoms with Crippen molar-refractivity contribution in [2.75, 3.05) is 11.4 Å². The molecule has 0 bridgehead atoms. The number of aliphatic hydroxyl groups is 1. The third-order valence-corrected chi connectivity index (χ3v) is 6.20. The number of ether oxygens (including phenoxy) is 1. The van der Waals surface area contributed by atoms with Crippen LogP contribution in [-0.2, 0) is 6.54 Å². The topological polar surface area (TPSA) is 96.9 Å². The maximum absolute atomic E-state index is 14.5. The molecule has 0 unspecified atom stereocenters. The summed E-state index contributed by atoms with van der Waals surface area (Å²) in [5, 5.41) is 10.1. The van der Waals surface area contributed by atoms with Crippen molar-refractivity contribution in [2.24, 2.45) is 10.7 Å². The zero-order chi connectivity index (χ0) is 20.3. The largest absolute Gasteiger partial charge is 0.484 e. The number of anilines is 1. The number of hydrogen-bond acceptors (Lipinski definition) is 7. The van der Waals surface area contributed by atoms with Crippen LogP contribution in [0.1, 0.15) is 43.5 Å². The van der Waals surface area contributed by atoms with Gasteiger partial charge < -0.3 is 20.5 Å². The second kappa shape index (κ2) is 6.47. The summed E-state index contributed by atoms with van der Waals surface area (Å²) in [4.78, 5) is 15.3. The molecule has 2 aliphatic heterocycles. The Morgan fingerprint density at radius 3 is 2.76 bits per heavy atom. The summed E-state index contributed by atoms with van der Waals surface area (Å²) in [5.74, 6) is 0.593. The van der Waals surface area contributed by atoms with Gasteiger partial charge in [0.25, 0.3) is 0 Å². The highest BCUT2D eigenvalue weighted by atomic mass is 19.1. The standard InChI is InChI=1S/C21H24FN5O2/c1-11-19(23)16(28)9-27(11)18-7-15(25-10-26-18)20-13-6-17(29-21(2)3-4-21)14(22)5-12(13)8-24-20/h5-7,10-11,16,19,28H,3-4,8-9,23H2,1-2H3/t11-,16-,19-/m0/s1. The molecule has 3 heterocycles. The highest BCUT2D eigenvalue weighted by Crippen LogP contribution is 2.41. The van der Waals surface area contributed by atoms with Crippen molar-refractivity contribution < 1.29 is 14.2 Å². The van der Waals surface area contributed by atoms with E-state index in [1.54, 1.807) is 6.07 Å². The van der Waals surface area contributed by atoms with Gasteiger partial charge in [-0.3, -0.25) is 4.99 Å². The first kappa shape index (κ1) is 18.4. The van der Waals surface area contributed by atoms with Crippen molar-refractivity contribution in [2.45, 2.75) is 57.0 Å². The van der Waals surface area contributed by atoms with Gasteiger partial charge in [-0.15, -0.1) is 0 Å². The quantitative estimate of drug-likeness (QED) is 0.817. The molecule has 0 amide bonds. The summed E-state index contributed by atoms with van der Waals surface area (Å²) >= 11 is 0. The minimum absolute atomic E-state index is 0.0427. The Kier molecular flexibility index (Phi) is 4.11. The number of aliphatic hydroxyl groups excluding tert-OH is 1. The lowest BCUT2D eigenvalue weighted by Gasteiger charge is -2.23. The lowest BCUT2D eigenvalue weighted by atomic mass is 10.0. The molecule has 3 atom stereocenters. The number of hydrogen-bond donors (Lipinski definition) is 2. The summed E-state index contributed by atoms with van der Waals surface area (Å²) in [6.07, 6.45) is 2.75. The van der Waals surface area contributed by atoms with Gasteiger partial charge in [0.2, 0.25) is 0 Å². The van der Waals surface area contributed by atoms with Crippen LogP contribution < -0.4 is 15.4 Å². The second-order valence-corrected chi connectivity index (χ2v) is 8.46. The number of benzene rings is 1. The molecule has 0 spiro atoms. The first-order valence-corrected chi connectivity index (χ1v) is 9.94. The van der Waals surface area contributed by atoms with E-state index >= 15 is 0 Å². The molecule has 29 heavy (non-hydrogen) atoms. The Morgan fingerprint density at radius 1 is 1.28 bits per heavy atom. The number of aromatic nitrogens is 2. The van der Waals surface area contributed by atoms with E-state index in [1.165, 1.54) is 12.4 Å². The lowest BCUT2D eigenvalue weighted by molar-refractivity contribution is 0.175. The molecule has 2 aromatic rings. The summed E-state index contributed by atoms with van der Waals surface area (Å²) in [7, 11) is 0. The maximum atomic E-state index is 14.5. The van der Waals surface area contributed by atoms with Crippen LogP contribution in [0.2, 0.25) is 0 Å². The van der Waals surface area contributed by atoms with E-state index in [1.807, 2.05) is 24.8 Å². The van der Waals surface area contributed by atoms with E-state index in [0.717, 1.165) is 24.0 Å². The molecule has 3 aliphatic rings. The van der Waals surface area contributed by atoms with Crippen molar-refractivity contribution in [1.82, 2.24) is 9.97 Å². The van der Waals surface area contributed by atoms with Gasteiger partial charge in [0.15, 0.2) is 11.6 Å². The Balaban J connectivity index is 1.47. The van der Waals surface area contributed by atoms with Gasteiger partial charge in [-0.25, -0.2) is 14.4 Å². The van der Waals surface area contributed by atoms with Crippen LogP contribution in [0.4, 0.5) is 10.2 Å². The van der Waals surface area contributed by atoms with Crippen LogP contribution in [0.5, 0.6) is 5.75 Å². The van der Waals surface area contributed by atoms with Gasteiger partial charge in [0, 0.05) is 24.2 Å². The van der Waals surface area contributed by atoms with Gasteiger partial charge >= 0.3 is 0 Å². The molecule has 2 fully saturated rings. The number of fused-ring (bicyclic) bond motifs is 1. The molecule has 1 saturated heterocycles. The minimum Gasteiger partial charge on any atom is -0.484 e. The van der Waals surface area contributed by atoms with Crippen LogP contribution in [0, 0.1) is 5.82 Å². The predicted molar refractivity (Wildman–Crippen MR) is 107 cm³/mol. The highest BCUT2D eigenvalue weighted by Gasteiger charge is 2.41. The third kappa shape index (κ3) is 3.16. The minimum atomic E-state index is -0.598. The number of rotatable bonds is 4. The second-order valence-electron chi connectivity index (χ2n) is 8.46. The number of β-amino-alcohol motifs (C(OH)–C–C–N with tert-alkyl or cyclic N) is 1. The summed E-state index contributed by atoms with van der Waals surface area (Å²) in [5.41, 5.74) is 8.80. The molecule has 7 nitrogen and oxygen atoms in total. The molecule has 8 heteroatoms. The van der Waals surface area contributed by atoms with Gasteiger partial charge in [-0.1, -0.05) is 0 Å². The third-order valence-electron chi connectivity index (χ3n) is 6.20. The van der Waals surface area contributed by atoms with Crippen LogP contribution in [0.15, 0.2) is 29.5 Å². The fraction of sp³-hybridized carbons (Fsp3) is 0.476. The van der Waals surface area contributed by atoms with Crippen molar-refractivity contribution >= 4 is 11.5 Å². The van der Waals surface area contributed by atoms with Crippen LogP contribution in [0.3, 0.4) is 0 Å². The zero-order valence-corrected chi connectivity index (χ0v) is 16.5. The normalized spacial score (nSPS) is 27.0. The molecule has 1 aromatic carbocycles. The molecule has 1 saturated carbocycles. The highest BCUT2D eigenvalue weighted by molar-refractivity contribution is 6.14. The number of nitrogens with two attached hydrogens (primary N) is 1. The Bertz CT molecular complexity index is 1010. The van der Waals surface area contributed by atoms with Crippen molar-refractivity contribution in [3.8, 4) is 5.75 Å². The average Bonchev–Trinajstić information content (AvgIpc) is 3.20. The molecular weight excluding hydrogens is 373 g/mol. The van der Waals surface area contributed by atoms with E-state index in [-0.39, 0.29) is 29.3 Å². The van der Waals surface area contributed by atoms with Crippen molar-refractivity contribution in [3.63, 3.8) is 0 Å². The number of nitrogens with zero attached hydrogens (tertiary/aromatic N) is 4.